The number of benzene rings is 2. The molecule has 0 bridgehead atoms. The molecule has 4 nitrogen and oxygen atoms in total. The van der Waals surface area contributed by atoms with Crippen LogP contribution >= 0.6 is 0 Å². The Bertz CT molecular complexity index is 911. The molecule has 0 heterocycles. The van der Waals surface area contributed by atoms with E-state index in [1.807, 2.05) is 62.4 Å². The quantitative estimate of drug-likeness (QED) is 0.371. The van der Waals surface area contributed by atoms with Crippen LogP contribution in [0.1, 0.15) is 38.7 Å². The van der Waals surface area contributed by atoms with Crippen LogP contribution < -0.4 is 5.32 Å². The number of nitrogens with zero attached hydrogens (tertiary/aromatic N) is 1. The molecule has 0 spiro atoms. The van der Waals surface area contributed by atoms with Crippen molar-refractivity contribution in [2.24, 2.45) is 4.99 Å². The zero-order valence-corrected chi connectivity index (χ0v) is 16.6. The van der Waals surface area contributed by atoms with Crippen LogP contribution in [0.4, 0.5) is 11.4 Å². The summed E-state index contributed by atoms with van der Waals surface area (Å²) < 4.78 is 0. The van der Waals surface area contributed by atoms with Gasteiger partial charge < -0.3 is 5.32 Å². The molecule has 2 aromatic rings. The maximum absolute atomic E-state index is 12.5. The molecule has 4 heteroatoms. The first-order valence-electron chi connectivity index (χ1n) is 9.24. The van der Waals surface area contributed by atoms with Gasteiger partial charge in [-0.1, -0.05) is 48.0 Å². The average molecular weight is 374 g/mol. The second kappa shape index (κ2) is 10.2. The number of ketones is 1. The molecular weight excluding hydrogens is 348 g/mol. The summed E-state index contributed by atoms with van der Waals surface area (Å²) >= 11 is 0. The van der Waals surface area contributed by atoms with Crippen LogP contribution in [0.25, 0.3) is 0 Å². The Morgan fingerprint density at radius 1 is 1.11 bits per heavy atom. The fraction of sp³-hybridized carbons (Fsp3) is 0.208. The third-order valence-corrected chi connectivity index (χ3v) is 4.44. The minimum absolute atomic E-state index is 0.0377. The fourth-order valence-electron chi connectivity index (χ4n) is 2.77. The number of anilines is 1. The number of aliphatic imine (C=N–C) groups is 1. The second-order valence-corrected chi connectivity index (χ2v) is 6.67. The van der Waals surface area contributed by atoms with Crippen LogP contribution in [-0.2, 0) is 9.59 Å². The van der Waals surface area contributed by atoms with Crippen LogP contribution in [0.3, 0.4) is 0 Å². The van der Waals surface area contributed by atoms with E-state index in [9.17, 15) is 9.59 Å². The maximum Gasteiger partial charge on any atom is 0.231 e. The summed E-state index contributed by atoms with van der Waals surface area (Å²) in [5.41, 5.74) is 3.79. The Morgan fingerprint density at radius 2 is 1.82 bits per heavy atom. The first-order chi connectivity index (χ1) is 13.4. The number of Topliss-reactive ketones (excluding diaryl/α,β-unsaturated/α-hetero) is 1. The highest BCUT2D eigenvalue weighted by Crippen LogP contribution is 2.21. The Hall–Kier alpha value is -3.27. The second-order valence-electron chi connectivity index (χ2n) is 6.67. The molecule has 1 amide bonds. The van der Waals surface area contributed by atoms with Crippen LogP contribution in [0, 0.1) is 0 Å². The first kappa shape index (κ1) is 21.0. The van der Waals surface area contributed by atoms with Crippen LogP contribution in [0.15, 0.2) is 83.4 Å². The molecule has 1 unspecified atom stereocenters. The molecule has 0 aliphatic carbocycles. The maximum atomic E-state index is 12.5. The molecule has 1 atom stereocenters. The molecule has 144 valence electrons. The lowest BCUT2D eigenvalue weighted by Crippen LogP contribution is -2.18. The van der Waals surface area contributed by atoms with Gasteiger partial charge in [0.25, 0.3) is 0 Å². The van der Waals surface area contributed by atoms with E-state index in [4.69, 9.17) is 0 Å². The van der Waals surface area contributed by atoms with E-state index in [1.165, 1.54) is 6.92 Å². The molecular formula is C24H26N2O2. The lowest BCUT2D eigenvalue weighted by atomic mass is 10.0. The van der Waals surface area contributed by atoms with Crippen molar-refractivity contribution < 1.29 is 9.59 Å². The van der Waals surface area contributed by atoms with Crippen molar-refractivity contribution in [3.05, 3.63) is 84.0 Å². The first-order valence-corrected chi connectivity index (χ1v) is 9.24. The zero-order chi connectivity index (χ0) is 20.5. The summed E-state index contributed by atoms with van der Waals surface area (Å²) in [6, 6.07) is 16.9. The van der Waals surface area contributed by atoms with Crippen molar-refractivity contribution in [1.82, 2.24) is 0 Å². The number of allylic oxidation sites excluding steroid dienone is 3. The molecule has 0 aromatic heterocycles. The number of rotatable bonds is 8. The van der Waals surface area contributed by atoms with Gasteiger partial charge in [0.2, 0.25) is 5.91 Å². The number of carbonyl (C=O) groups is 2. The molecule has 0 saturated heterocycles. The molecule has 0 fully saturated rings. The minimum Gasteiger partial charge on any atom is -0.325 e. The molecule has 0 aliphatic rings. The average Bonchev–Trinajstić information content (AvgIpc) is 2.68. The monoisotopic (exact) mass is 374 g/mol. The number of nitrogens with one attached hydrogen (secondary N) is 1. The molecule has 1 N–H and O–H groups in total. The standard InChI is InChI=1S/C24H26N2O2/c1-5-10-17(2)23(19(4)27)16-25-21-13-9-14-22(15-21)26-24(28)18(3)20-11-7-6-8-12-20/h5-9,11-16,18H,1,10H2,2-4H3,(H,26,28)/b23-17+,25-16?. The molecule has 28 heavy (non-hydrogen) atoms. The number of hydrogen-bond acceptors (Lipinski definition) is 3. The van der Waals surface area contributed by atoms with E-state index >= 15 is 0 Å². The normalized spacial score (nSPS) is 13.0. The third kappa shape index (κ3) is 5.88. The number of carbonyl (C=O) groups excluding carboxylic acids is 2. The Balaban J connectivity index is 2.15. The molecule has 0 radical (unpaired) electrons. The zero-order valence-electron chi connectivity index (χ0n) is 16.6. The highest BCUT2D eigenvalue weighted by molar-refractivity contribution is 6.13. The van der Waals surface area contributed by atoms with E-state index in [0.717, 1.165) is 11.1 Å². The van der Waals surface area contributed by atoms with Gasteiger partial charge in [0.1, 0.15) is 0 Å². The van der Waals surface area contributed by atoms with E-state index in [2.05, 4.69) is 16.9 Å². The highest BCUT2D eigenvalue weighted by Gasteiger charge is 2.15. The number of hydrogen-bond donors (Lipinski definition) is 1. The summed E-state index contributed by atoms with van der Waals surface area (Å²) in [5.74, 6) is -0.384. The third-order valence-electron chi connectivity index (χ3n) is 4.44. The smallest absolute Gasteiger partial charge is 0.231 e. The molecule has 0 saturated carbocycles. The van der Waals surface area contributed by atoms with Gasteiger partial charge in [-0.05, 0) is 51.0 Å². The van der Waals surface area contributed by atoms with Crippen molar-refractivity contribution in [3.63, 3.8) is 0 Å². The number of amides is 1. The van der Waals surface area contributed by atoms with Crippen molar-refractivity contribution in [3.8, 4) is 0 Å². The Kier molecular flexibility index (Phi) is 7.64. The van der Waals surface area contributed by atoms with Crippen molar-refractivity contribution in [2.45, 2.75) is 33.1 Å². The van der Waals surface area contributed by atoms with Crippen molar-refractivity contribution >= 4 is 29.3 Å². The van der Waals surface area contributed by atoms with Crippen LogP contribution in [-0.4, -0.2) is 17.9 Å². The predicted molar refractivity (Wildman–Crippen MR) is 116 cm³/mol. The lowest BCUT2D eigenvalue weighted by molar-refractivity contribution is -0.117. The summed E-state index contributed by atoms with van der Waals surface area (Å²) in [7, 11) is 0. The van der Waals surface area contributed by atoms with E-state index in [1.54, 1.807) is 18.4 Å². The van der Waals surface area contributed by atoms with Gasteiger partial charge in [-0.3, -0.25) is 14.6 Å². The Labute approximate surface area is 166 Å². The topological polar surface area (TPSA) is 58.5 Å². The van der Waals surface area contributed by atoms with Crippen LogP contribution in [0.5, 0.6) is 0 Å². The summed E-state index contributed by atoms with van der Waals surface area (Å²) in [4.78, 5) is 28.8. The predicted octanol–water partition coefficient (Wildman–Crippen LogP) is 5.61. The largest absolute Gasteiger partial charge is 0.325 e. The van der Waals surface area contributed by atoms with Crippen molar-refractivity contribution in [2.75, 3.05) is 5.32 Å². The highest BCUT2D eigenvalue weighted by atomic mass is 16.1. The SMILES string of the molecule is C=CC/C(C)=C(\C=Nc1cccc(NC(=O)C(C)c2ccccc2)c1)C(C)=O. The molecule has 2 aromatic carbocycles. The van der Waals surface area contributed by atoms with Crippen LogP contribution in [0.2, 0.25) is 0 Å². The summed E-state index contributed by atoms with van der Waals surface area (Å²) in [6.07, 6.45) is 3.97. The fourth-order valence-corrected chi connectivity index (χ4v) is 2.77. The molecule has 2 rings (SSSR count). The summed E-state index contributed by atoms with van der Waals surface area (Å²) in [6.45, 7) is 9.00. The van der Waals surface area contributed by atoms with Gasteiger partial charge in [0, 0.05) is 17.5 Å². The van der Waals surface area contributed by atoms with Gasteiger partial charge in [0.15, 0.2) is 5.78 Å². The van der Waals surface area contributed by atoms with E-state index in [0.29, 0.717) is 23.4 Å². The van der Waals surface area contributed by atoms with Gasteiger partial charge >= 0.3 is 0 Å². The lowest BCUT2D eigenvalue weighted by Gasteiger charge is -2.12. The van der Waals surface area contributed by atoms with Gasteiger partial charge in [0.05, 0.1) is 11.6 Å². The van der Waals surface area contributed by atoms with Gasteiger partial charge in [-0.2, -0.15) is 0 Å². The van der Waals surface area contributed by atoms with E-state index in [-0.39, 0.29) is 17.6 Å². The summed E-state index contributed by atoms with van der Waals surface area (Å²) in [5, 5.41) is 2.93. The minimum atomic E-state index is -0.262. The van der Waals surface area contributed by atoms with Gasteiger partial charge in [-0.15, -0.1) is 6.58 Å². The van der Waals surface area contributed by atoms with E-state index < -0.39 is 0 Å². The van der Waals surface area contributed by atoms with Crippen molar-refractivity contribution in [1.29, 1.82) is 0 Å². The van der Waals surface area contributed by atoms with Gasteiger partial charge in [-0.25, -0.2) is 0 Å². The Morgan fingerprint density at radius 3 is 2.46 bits per heavy atom. The molecule has 0 aliphatic heterocycles.